The molecule has 1 heterocycles. The minimum Gasteiger partial charge on any atom is -0.437 e. The lowest BCUT2D eigenvalue weighted by atomic mass is 10.2. The molecule has 0 fully saturated rings. The maximum Gasteiger partial charge on any atom is 0.223 e. The third-order valence-electron chi connectivity index (χ3n) is 2.76. The average Bonchev–Trinajstić information content (AvgIpc) is 2.46. The first kappa shape index (κ1) is 16.6. The number of pyridine rings is 1. The van der Waals surface area contributed by atoms with Crippen LogP contribution in [0.25, 0.3) is 0 Å². The Morgan fingerprint density at radius 3 is 2.90 bits per heavy atom. The number of hydrogen-bond acceptors (Lipinski definition) is 3. The van der Waals surface area contributed by atoms with Crippen LogP contribution < -0.4 is 10.1 Å². The third-order valence-corrected chi connectivity index (χ3v) is 3.99. The summed E-state index contributed by atoms with van der Waals surface area (Å²) in [5.74, 6) is 1.02. The van der Waals surface area contributed by atoms with Crippen molar-refractivity contribution in [2.24, 2.45) is 0 Å². The molecule has 1 aromatic carbocycles. The second-order valence-electron chi connectivity index (χ2n) is 4.45. The lowest BCUT2D eigenvalue weighted by Gasteiger charge is -2.12. The molecule has 21 heavy (non-hydrogen) atoms. The molecule has 0 unspecified atom stereocenters. The Labute approximate surface area is 142 Å². The maximum atomic E-state index is 6.14. The Hall–Kier alpha value is -0.810. The van der Waals surface area contributed by atoms with Crippen LogP contribution in [0.2, 0.25) is 10.0 Å². The molecule has 0 aliphatic rings. The van der Waals surface area contributed by atoms with Gasteiger partial charge >= 0.3 is 0 Å². The zero-order chi connectivity index (χ0) is 15.2. The quantitative estimate of drug-likeness (QED) is 0.667. The van der Waals surface area contributed by atoms with Crippen LogP contribution >= 0.6 is 39.1 Å². The van der Waals surface area contributed by atoms with Crippen molar-refractivity contribution in [3.8, 4) is 11.6 Å². The number of halogens is 3. The van der Waals surface area contributed by atoms with Gasteiger partial charge in [0.2, 0.25) is 5.88 Å². The molecular weight excluding hydrogens is 375 g/mol. The largest absolute Gasteiger partial charge is 0.437 e. The van der Waals surface area contributed by atoms with Gasteiger partial charge in [-0.3, -0.25) is 0 Å². The van der Waals surface area contributed by atoms with Crippen molar-refractivity contribution in [1.82, 2.24) is 10.3 Å². The van der Waals surface area contributed by atoms with E-state index in [0.29, 0.717) is 28.2 Å². The number of hydrogen-bond donors (Lipinski definition) is 1. The van der Waals surface area contributed by atoms with Gasteiger partial charge in [0.1, 0.15) is 10.8 Å². The van der Waals surface area contributed by atoms with E-state index in [0.717, 1.165) is 23.0 Å². The van der Waals surface area contributed by atoms with E-state index in [9.17, 15) is 0 Å². The molecule has 0 atom stereocenters. The number of ether oxygens (including phenoxy) is 1. The van der Waals surface area contributed by atoms with Crippen molar-refractivity contribution in [2.45, 2.75) is 19.9 Å². The highest BCUT2D eigenvalue weighted by molar-refractivity contribution is 9.10. The van der Waals surface area contributed by atoms with Crippen molar-refractivity contribution >= 4 is 39.1 Å². The highest BCUT2D eigenvalue weighted by Crippen LogP contribution is 2.35. The first-order valence-corrected chi connectivity index (χ1v) is 8.13. The number of nitrogens with zero attached hydrogens (tertiary/aromatic N) is 1. The summed E-state index contributed by atoms with van der Waals surface area (Å²) in [6.07, 6.45) is 2.76. The molecule has 0 saturated heterocycles. The first-order valence-electron chi connectivity index (χ1n) is 6.58. The zero-order valence-corrected chi connectivity index (χ0v) is 14.6. The van der Waals surface area contributed by atoms with E-state index in [1.165, 1.54) is 0 Å². The molecule has 2 rings (SSSR count). The van der Waals surface area contributed by atoms with Gasteiger partial charge in [0.15, 0.2) is 0 Å². The van der Waals surface area contributed by atoms with E-state index in [1.54, 1.807) is 24.4 Å². The van der Waals surface area contributed by atoms with Crippen LogP contribution in [0.1, 0.15) is 18.9 Å². The molecule has 1 aromatic heterocycles. The predicted molar refractivity (Wildman–Crippen MR) is 90.5 cm³/mol. The van der Waals surface area contributed by atoms with Crippen molar-refractivity contribution in [1.29, 1.82) is 0 Å². The Morgan fingerprint density at radius 1 is 1.33 bits per heavy atom. The maximum absolute atomic E-state index is 6.14. The minimum absolute atomic E-state index is 0.386. The Morgan fingerprint density at radius 2 is 2.14 bits per heavy atom. The molecule has 0 aliphatic carbocycles. The van der Waals surface area contributed by atoms with Gasteiger partial charge in [-0.05, 0) is 47.1 Å². The Kier molecular flexibility index (Phi) is 6.30. The van der Waals surface area contributed by atoms with Crippen LogP contribution in [0.4, 0.5) is 0 Å². The van der Waals surface area contributed by atoms with Crippen LogP contribution in [-0.2, 0) is 6.54 Å². The zero-order valence-electron chi connectivity index (χ0n) is 11.5. The van der Waals surface area contributed by atoms with Gasteiger partial charge in [0, 0.05) is 22.8 Å². The van der Waals surface area contributed by atoms with Gasteiger partial charge < -0.3 is 10.1 Å². The van der Waals surface area contributed by atoms with Crippen LogP contribution in [0, 0.1) is 0 Å². The molecular formula is C15H15BrCl2N2O. The lowest BCUT2D eigenvalue weighted by Crippen LogP contribution is -2.14. The highest BCUT2D eigenvalue weighted by atomic mass is 79.9. The van der Waals surface area contributed by atoms with E-state index in [2.05, 4.69) is 33.2 Å². The van der Waals surface area contributed by atoms with Crippen molar-refractivity contribution in [2.75, 3.05) is 6.54 Å². The summed E-state index contributed by atoms with van der Waals surface area (Å²) in [4.78, 5) is 4.31. The van der Waals surface area contributed by atoms with E-state index >= 15 is 0 Å². The summed E-state index contributed by atoms with van der Waals surface area (Å²) in [5, 5.41) is 4.17. The van der Waals surface area contributed by atoms with E-state index < -0.39 is 0 Å². The molecule has 2 aromatic rings. The summed E-state index contributed by atoms with van der Waals surface area (Å²) in [6, 6.07) is 7.25. The third kappa shape index (κ3) is 4.58. The predicted octanol–water partition coefficient (Wildman–Crippen LogP) is 5.44. The molecule has 0 saturated carbocycles. The average molecular weight is 390 g/mol. The van der Waals surface area contributed by atoms with Gasteiger partial charge in [-0.15, -0.1) is 0 Å². The molecule has 0 radical (unpaired) electrons. The Bertz CT molecular complexity index is 623. The summed E-state index contributed by atoms with van der Waals surface area (Å²) in [6.45, 7) is 3.73. The molecule has 3 nitrogen and oxygen atoms in total. The van der Waals surface area contributed by atoms with E-state index in [-0.39, 0.29) is 0 Å². The molecule has 0 bridgehead atoms. The first-order chi connectivity index (χ1) is 10.1. The van der Waals surface area contributed by atoms with Gasteiger partial charge in [-0.25, -0.2) is 4.98 Å². The molecule has 0 spiro atoms. The molecule has 112 valence electrons. The van der Waals surface area contributed by atoms with Crippen LogP contribution in [0.3, 0.4) is 0 Å². The number of benzene rings is 1. The standard InChI is InChI=1S/C15H15BrCl2N2O/c1-2-6-19-8-10-7-11(16)9-20-15(10)21-13-5-3-4-12(17)14(13)18/h3-5,7,9,19H,2,6,8H2,1H3. The number of nitrogens with one attached hydrogen (secondary N) is 1. The number of rotatable bonds is 6. The summed E-state index contributed by atoms with van der Waals surface area (Å²) in [7, 11) is 0. The SMILES string of the molecule is CCCNCc1cc(Br)cnc1Oc1cccc(Cl)c1Cl. The lowest BCUT2D eigenvalue weighted by molar-refractivity contribution is 0.453. The second-order valence-corrected chi connectivity index (χ2v) is 6.15. The topological polar surface area (TPSA) is 34.2 Å². The minimum atomic E-state index is 0.386. The smallest absolute Gasteiger partial charge is 0.223 e. The van der Waals surface area contributed by atoms with Crippen LogP contribution in [-0.4, -0.2) is 11.5 Å². The van der Waals surface area contributed by atoms with Gasteiger partial charge in [-0.2, -0.15) is 0 Å². The number of aromatic nitrogens is 1. The van der Waals surface area contributed by atoms with Crippen LogP contribution in [0.15, 0.2) is 34.9 Å². The van der Waals surface area contributed by atoms with E-state index in [1.807, 2.05) is 6.07 Å². The highest BCUT2D eigenvalue weighted by Gasteiger charge is 2.11. The second kappa shape index (κ2) is 7.99. The molecule has 0 aliphatic heterocycles. The van der Waals surface area contributed by atoms with Crippen molar-refractivity contribution in [3.05, 3.63) is 50.5 Å². The molecule has 6 heteroatoms. The van der Waals surface area contributed by atoms with Gasteiger partial charge in [-0.1, -0.05) is 36.2 Å². The molecule has 1 N–H and O–H groups in total. The molecule has 0 amide bonds. The fraction of sp³-hybridized carbons (Fsp3) is 0.267. The van der Waals surface area contributed by atoms with Gasteiger partial charge in [0.25, 0.3) is 0 Å². The summed E-state index contributed by atoms with van der Waals surface area (Å²) in [5.41, 5.74) is 0.953. The van der Waals surface area contributed by atoms with Crippen molar-refractivity contribution in [3.63, 3.8) is 0 Å². The van der Waals surface area contributed by atoms with Crippen LogP contribution in [0.5, 0.6) is 11.6 Å². The normalized spacial score (nSPS) is 10.7. The van der Waals surface area contributed by atoms with Gasteiger partial charge in [0.05, 0.1) is 5.02 Å². The fourth-order valence-corrected chi connectivity index (χ4v) is 2.46. The Balaban J connectivity index is 2.24. The summed E-state index contributed by atoms with van der Waals surface area (Å²) < 4.78 is 6.72. The van der Waals surface area contributed by atoms with E-state index in [4.69, 9.17) is 27.9 Å². The van der Waals surface area contributed by atoms with Crippen molar-refractivity contribution < 1.29 is 4.74 Å². The monoisotopic (exact) mass is 388 g/mol. The fourth-order valence-electron chi connectivity index (χ4n) is 1.75. The summed E-state index contributed by atoms with van der Waals surface area (Å²) >= 11 is 15.6.